The summed E-state index contributed by atoms with van der Waals surface area (Å²) >= 11 is 1.17. The van der Waals surface area contributed by atoms with E-state index in [1.54, 1.807) is 32.0 Å². The summed E-state index contributed by atoms with van der Waals surface area (Å²) in [6, 6.07) is 10.8. The van der Waals surface area contributed by atoms with Crippen LogP contribution in [0.5, 0.6) is 0 Å². The van der Waals surface area contributed by atoms with E-state index < -0.39 is 5.97 Å². The smallest absolute Gasteiger partial charge is 0.350 e. The van der Waals surface area contributed by atoms with Crippen molar-refractivity contribution < 1.29 is 14.3 Å². The van der Waals surface area contributed by atoms with Crippen LogP contribution < -0.4 is 11.1 Å². The molecule has 0 radical (unpaired) electrons. The molecule has 6 nitrogen and oxygen atoms in total. The number of aryl methyl sites for hydroxylation is 1. The molecule has 3 N–H and O–H groups in total. The lowest BCUT2D eigenvalue weighted by Gasteiger charge is -2.07. The molecule has 7 heteroatoms. The molecule has 2 heterocycles. The number of aromatic nitrogens is 1. The fourth-order valence-corrected chi connectivity index (χ4v) is 3.44. The number of para-hydroxylation sites is 1. The van der Waals surface area contributed by atoms with Crippen molar-refractivity contribution in [2.45, 2.75) is 13.8 Å². The van der Waals surface area contributed by atoms with Crippen LogP contribution in [-0.2, 0) is 4.74 Å². The number of nitrogens with two attached hydrogens (primary N) is 1. The van der Waals surface area contributed by atoms with Crippen LogP contribution in [0.2, 0.25) is 0 Å². The van der Waals surface area contributed by atoms with Crippen molar-refractivity contribution >= 4 is 44.8 Å². The third kappa shape index (κ3) is 3.32. The number of anilines is 2. The number of pyridine rings is 1. The van der Waals surface area contributed by atoms with Crippen LogP contribution in [0.25, 0.3) is 10.2 Å². The number of hydrogen-bond donors (Lipinski definition) is 2. The summed E-state index contributed by atoms with van der Waals surface area (Å²) in [6.07, 6.45) is 0. The highest BCUT2D eigenvalue weighted by Gasteiger charge is 2.21. The number of fused-ring (bicyclic) bond motifs is 1. The number of benzene rings is 1. The second-order valence-electron chi connectivity index (χ2n) is 5.36. The fraction of sp³-hybridized carbons (Fsp3) is 0.167. The SMILES string of the molecule is CCOC(=O)c1sc2nc(C)c(C(=O)Nc3ccccc3)cc2c1N. The van der Waals surface area contributed by atoms with Crippen molar-refractivity contribution in [1.29, 1.82) is 0 Å². The summed E-state index contributed by atoms with van der Waals surface area (Å²) < 4.78 is 5.01. The van der Waals surface area contributed by atoms with Gasteiger partial charge in [-0.25, -0.2) is 9.78 Å². The van der Waals surface area contributed by atoms with E-state index in [0.717, 1.165) is 0 Å². The number of nitrogens with zero attached hydrogens (tertiary/aromatic N) is 1. The minimum atomic E-state index is -0.476. The summed E-state index contributed by atoms with van der Waals surface area (Å²) in [6.45, 7) is 3.75. The Morgan fingerprint density at radius 2 is 2.00 bits per heavy atom. The van der Waals surface area contributed by atoms with E-state index in [1.165, 1.54) is 11.3 Å². The quantitative estimate of drug-likeness (QED) is 0.697. The average molecular weight is 355 g/mol. The van der Waals surface area contributed by atoms with E-state index in [4.69, 9.17) is 10.5 Å². The van der Waals surface area contributed by atoms with Gasteiger partial charge in [-0.15, -0.1) is 11.3 Å². The van der Waals surface area contributed by atoms with Crippen LogP contribution in [0, 0.1) is 6.92 Å². The molecular formula is C18H17N3O3S. The second-order valence-corrected chi connectivity index (χ2v) is 6.36. The molecule has 1 amide bonds. The maximum Gasteiger partial charge on any atom is 0.350 e. The zero-order valence-electron chi connectivity index (χ0n) is 13.8. The Bertz CT molecular complexity index is 951. The summed E-state index contributed by atoms with van der Waals surface area (Å²) in [4.78, 5) is 29.9. The Kier molecular flexibility index (Phi) is 4.67. The van der Waals surface area contributed by atoms with Gasteiger partial charge in [0.2, 0.25) is 0 Å². The Hall–Kier alpha value is -2.93. The van der Waals surface area contributed by atoms with Crippen LogP contribution in [0.4, 0.5) is 11.4 Å². The zero-order chi connectivity index (χ0) is 18.0. The minimum Gasteiger partial charge on any atom is -0.462 e. The highest BCUT2D eigenvalue weighted by Crippen LogP contribution is 2.34. The molecule has 128 valence electrons. The molecule has 0 atom stereocenters. The van der Waals surface area contributed by atoms with E-state index in [0.29, 0.717) is 37.7 Å². The Morgan fingerprint density at radius 3 is 2.68 bits per heavy atom. The van der Waals surface area contributed by atoms with Crippen molar-refractivity contribution in [3.05, 3.63) is 52.5 Å². The third-order valence-corrected chi connectivity index (χ3v) is 4.74. The van der Waals surface area contributed by atoms with E-state index in [9.17, 15) is 9.59 Å². The Labute approximate surface area is 148 Å². The summed E-state index contributed by atoms with van der Waals surface area (Å²) in [5, 5.41) is 3.41. The van der Waals surface area contributed by atoms with Gasteiger partial charge < -0.3 is 15.8 Å². The van der Waals surface area contributed by atoms with Gasteiger partial charge in [-0.2, -0.15) is 0 Å². The largest absolute Gasteiger partial charge is 0.462 e. The predicted molar refractivity (Wildman–Crippen MR) is 99.1 cm³/mol. The monoisotopic (exact) mass is 355 g/mol. The molecule has 25 heavy (non-hydrogen) atoms. The molecule has 0 spiro atoms. The van der Waals surface area contributed by atoms with Crippen molar-refractivity contribution in [3.8, 4) is 0 Å². The number of thiophene rings is 1. The van der Waals surface area contributed by atoms with Gasteiger partial charge in [-0.05, 0) is 32.0 Å². The maximum atomic E-state index is 12.6. The number of carbonyl (C=O) groups excluding carboxylic acids is 2. The number of nitrogen functional groups attached to an aromatic ring is 1. The lowest BCUT2D eigenvalue weighted by Crippen LogP contribution is -2.14. The van der Waals surface area contributed by atoms with Crippen LogP contribution in [-0.4, -0.2) is 23.5 Å². The molecule has 2 aromatic heterocycles. The topological polar surface area (TPSA) is 94.3 Å². The first-order valence-electron chi connectivity index (χ1n) is 7.74. The molecule has 3 rings (SSSR count). The highest BCUT2D eigenvalue weighted by molar-refractivity contribution is 7.21. The van der Waals surface area contributed by atoms with Gasteiger partial charge in [0.1, 0.15) is 9.71 Å². The number of ether oxygens (including phenoxy) is 1. The van der Waals surface area contributed by atoms with E-state index in [1.807, 2.05) is 18.2 Å². The summed E-state index contributed by atoms with van der Waals surface area (Å²) in [7, 11) is 0. The first kappa shape index (κ1) is 16.9. The number of nitrogens with one attached hydrogen (secondary N) is 1. The lowest BCUT2D eigenvalue weighted by atomic mass is 10.1. The normalized spacial score (nSPS) is 10.6. The molecule has 0 bridgehead atoms. The molecule has 0 aliphatic carbocycles. The average Bonchev–Trinajstić information content (AvgIpc) is 2.91. The van der Waals surface area contributed by atoms with Crippen LogP contribution in [0.1, 0.15) is 32.6 Å². The maximum absolute atomic E-state index is 12.6. The Morgan fingerprint density at radius 1 is 1.28 bits per heavy atom. The number of carbonyl (C=O) groups is 2. The third-order valence-electron chi connectivity index (χ3n) is 3.65. The summed E-state index contributed by atoms with van der Waals surface area (Å²) in [5.41, 5.74) is 8.04. The molecule has 0 aliphatic rings. The van der Waals surface area contributed by atoms with E-state index in [-0.39, 0.29) is 12.5 Å². The molecule has 0 fully saturated rings. The van der Waals surface area contributed by atoms with Crippen molar-refractivity contribution in [2.75, 3.05) is 17.7 Å². The Balaban J connectivity index is 1.99. The molecule has 1 aromatic carbocycles. The molecular weight excluding hydrogens is 338 g/mol. The van der Waals surface area contributed by atoms with E-state index >= 15 is 0 Å². The van der Waals surface area contributed by atoms with Crippen molar-refractivity contribution in [1.82, 2.24) is 4.98 Å². The van der Waals surface area contributed by atoms with Gasteiger partial charge in [0, 0.05) is 11.1 Å². The van der Waals surface area contributed by atoms with E-state index in [2.05, 4.69) is 10.3 Å². The van der Waals surface area contributed by atoms with Gasteiger partial charge in [-0.3, -0.25) is 4.79 Å². The molecule has 3 aromatic rings. The van der Waals surface area contributed by atoms with Gasteiger partial charge in [0.05, 0.1) is 23.6 Å². The minimum absolute atomic E-state index is 0.268. The zero-order valence-corrected chi connectivity index (χ0v) is 14.6. The fourth-order valence-electron chi connectivity index (χ4n) is 2.43. The highest BCUT2D eigenvalue weighted by atomic mass is 32.1. The first-order valence-corrected chi connectivity index (χ1v) is 8.56. The second kappa shape index (κ2) is 6.90. The predicted octanol–water partition coefficient (Wildman–Crippen LogP) is 3.62. The number of esters is 1. The molecule has 0 saturated heterocycles. The standard InChI is InChI=1S/C18H17N3O3S/c1-3-24-18(23)15-14(19)13-9-12(10(2)20-17(13)25-15)16(22)21-11-7-5-4-6-8-11/h4-9H,3,19H2,1-2H3,(H,21,22). The first-order chi connectivity index (χ1) is 12.0. The van der Waals surface area contributed by atoms with Gasteiger partial charge in [0.15, 0.2) is 0 Å². The van der Waals surface area contributed by atoms with Crippen LogP contribution in [0.3, 0.4) is 0 Å². The van der Waals surface area contributed by atoms with Gasteiger partial charge in [-0.1, -0.05) is 18.2 Å². The van der Waals surface area contributed by atoms with Crippen molar-refractivity contribution in [3.63, 3.8) is 0 Å². The van der Waals surface area contributed by atoms with Crippen molar-refractivity contribution in [2.24, 2.45) is 0 Å². The van der Waals surface area contributed by atoms with Crippen LogP contribution >= 0.6 is 11.3 Å². The number of amides is 1. The van der Waals surface area contributed by atoms with Gasteiger partial charge in [0.25, 0.3) is 5.91 Å². The number of hydrogen-bond acceptors (Lipinski definition) is 6. The number of rotatable bonds is 4. The molecule has 0 saturated carbocycles. The lowest BCUT2D eigenvalue weighted by molar-refractivity contribution is 0.0533. The van der Waals surface area contributed by atoms with Crippen LogP contribution in [0.15, 0.2) is 36.4 Å². The molecule has 0 unspecified atom stereocenters. The summed E-state index contributed by atoms with van der Waals surface area (Å²) in [5.74, 6) is -0.752. The molecule has 0 aliphatic heterocycles. The van der Waals surface area contributed by atoms with Gasteiger partial charge >= 0.3 is 5.97 Å².